The third-order valence-corrected chi connectivity index (χ3v) is 4.12. The van der Waals surface area contributed by atoms with Crippen LogP contribution in [-0.2, 0) is 15.6 Å². The standard InChI is InChI=1S/C16H25NO3S/c1-4-5-6-7-13(2)17-16(18)15-10-8-14(9-11-15)12-21(3,19)20/h8-11,13H,4-7,12H2,1-3H3,(H,17,18). The minimum absolute atomic E-state index is 0.00230. The number of nitrogens with one attached hydrogen (secondary N) is 1. The third kappa shape index (κ3) is 7.27. The molecule has 0 aliphatic rings. The molecule has 0 radical (unpaired) electrons. The van der Waals surface area contributed by atoms with E-state index in [2.05, 4.69) is 12.2 Å². The van der Waals surface area contributed by atoms with Gasteiger partial charge in [0.2, 0.25) is 0 Å². The lowest BCUT2D eigenvalue weighted by atomic mass is 10.1. The Morgan fingerprint density at radius 1 is 1.19 bits per heavy atom. The second-order valence-electron chi connectivity index (χ2n) is 5.64. The summed E-state index contributed by atoms with van der Waals surface area (Å²) in [5.41, 5.74) is 1.26. The number of hydrogen-bond acceptors (Lipinski definition) is 3. The summed E-state index contributed by atoms with van der Waals surface area (Å²) in [6.07, 6.45) is 5.64. The van der Waals surface area contributed by atoms with E-state index in [0.717, 1.165) is 12.8 Å². The van der Waals surface area contributed by atoms with Gasteiger partial charge in [0.25, 0.3) is 5.91 Å². The quantitative estimate of drug-likeness (QED) is 0.751. The van der Waals surface area contributed by atoms with Crippen molar-refractivity contribution in [2.75, 3.05) is 6.26 Å². The zero-order valence-corrected chi connectivity index (χ0v) is 13.9. The van der Waals surface area contributed by atoms with Crippen molar-refractivity contribution in [3.63, 3.8) is 0 Å². The normalized spacial score (nSPS) is 12.9. The molecular weight excluding hydrogens is 286 g/mol. The average Bonchev–Trinajstić information content (AvgIpc) is 2.38. The molecule has 1 N–H and O–H groups in total. The van der Waals surface area contributed by atoms with Crippen molar-refractivity contribution in [3.05, 3.63) is 35.4 Å². The van der Waals surface area contributed by atoms with E-state index in [1.54, 1.807) is 24.3 Å². The van der Waals surface area contributed by atoms with E-state index < -0.39 is 9.84 Å². The molecule has 4 nitrogen and oxygen atoms in total. The Kier molecular flexibility index (Phi) is 6.89. The lowest BCUT2D eigenvalue weighted by molar-refractivity contribution is 0.0938. The van der Waals surface area contributed by atoms with Crippen LogP contribution in [0.15, 0.2) is 24.3 Å². The summed E-state index contributed by atoms with van der Waals surface area (Å²) >= 11 is 0. The van der Waals surface area contributed by atoms with Gasteiger partial charge in [-0.2, -0.15) is 0 Å². The molecule has 1 atom stereocenters. The van der Waals surface area contributed by atoms with Crippen LogP contribution in [0.5, 0.6) is 0 Å². The van der Waals surface area contributed by atoms with E-state index in [4.69, 9.17) is 0 Å². The highest BCUT2D eigenvalue weighted by Crippen LogP contribution is 2.09. The molecule has 0 bridgehead atoms. The molecule has 0 fully saturated rings. The Morgan fingerprint density at radius 2 is 1.81 bits per heavy atom. The Hall–Kier alpha value is -1.36. The number of unbranched alkanes of at least 4 members (excludes halogenated alkanes) is 2. The van der Waals surface area contributed by atoms with E-state index in [0.29, 0.717) is 11.1 Å². The van der Waals surface area contributed by atoms with Crippen molar-refractivity contribution < 1.29 is 13.2 Å². The van der Waals surface area contributed by atoms with Crippen LogP contribution in [0.2, 0.25) is 0 Å². The minimum atomic E-state index is -3.04. The van der Waals surface area contributed by atoms with Crippen LogP contribution in [0.1, 0.15) is 55.5 Å². The fourth-order valence-electron chi connectivity index (χ4n) is 2.13. The molecule has 1 unspecified atom stereocenters. The van der Waals surface area contributed by atoms with Crippen molar-refractivity contribution in [3.8, 4) is 0 Å². The number of carbonyl (C=O) groups is 1. The first-order valence-corrected chi connectivity index (χ1v) is 9.45. The molecule has 0 saturated heterocycles. The molecule has 0 aliphatic carbocycles. The highest BCUT2D eigenvalue weighted by Gasteiger charge is 2.10. The first-order valence-electron chi connectivity index (χ1n) is 7.39. The molecule has 0 aromatic heterocycles. The number of amides is 1. The van der Waals surface area contributed by atoms with Gasteiger partial charge in [0.1, 0.15) is 0 Å². The Bertz CT molecular complexity index is 549. The van der Waals surface area contributed by atoms with E-state index in [-0.39, 0.29) is 17.7 Å². The van der Waals surface area contributed by atoms with Gasteiger partial charge in [0.15, 0.2) is 9.84 Å². The van der Waals surface area contributed by atoms with Crippen molar-refractivity contribution >= 4 is 15.7 Å². The number of hydrogen-bond donors (Lipinski definition) is 1. The van der Waals surface area contributed by atoms with Gasteiger partial charge >= 0.3 is 0 Å². The number of sulfone groups is 1. The van der Waals surface area contributed by atoms with Gasteiger partial charge in [0.05, 0.1) is 5.75 Å². The Balaban J connectivity index is 2.55. The first kappa shape index (κ1) is 17.7. The van der Waals surface area contributed by atoms with E-state index >= 15 is 0 Å². The molecule has 0 aliphatic heterocycles. The van der Waals surface area contributed by atoms with Crippen LogP contribution in [0.3, 0.4) is 0 Å². The molecule has 1 amide bonds. The summed E-state index contributed by atoms with van der Waals surface area (Å²) in [4.78, 5) is 12.1. The monoisotopic (exact) mass is 311 g/mol. The maximum absolute atomic E-state index is 12.1. The van der Waals surface area contributed by atoms with Gasteiger partial charge in [-0.3, -0.25) is 4.79 Å². The van der Waals surface area contributed by atoms with Crippen LogP contribution in [0.4, 0.5) is 0 Å². The molecule has 1 aromatic carbocycles. The predicted octanol–water partition coefficient (Wildman–Crippen LogP) is 2.93. The molecule has 0 saturated carbocycles. The van der Waals surface area contributed by atoms with Crippen molar-refractivity contribution in [2.45, 2.75) is 51.3 Å². The fraction of sp³-hybridized carbons (Fsp3) is 0.562. The summed E-state index contributed by atoms with van der Waals surface area (Å²) in [6.45, 7) is 4.16. The van der Waals surface area contributed by atoms with Crippen molar-refractivity contribution in [1.29, 1.82) is 0 Å². The summed E-state index contributed by atoms with van der Waals surface area (Å²) in [6, 6.07) is 6.89. The molecule has 0 spiro atoms. The second kappa shape index (κ2) is 8.17. The molecule has 118 valence electrons. The van der Waals surface area contributed by atoms with Gasteiger partial charge in [-0.05, 0) is 31.0 Å². The second-order valence-corrected chi connectivity index (χ2v) is 7.78. The smallest absolute Gasteiger partial charge is 0.251 e. The molecule has 21 heavy (non-hydrogen) atoms. The Labute approximate surface area is 127 Å². The molecule has 5 heteroatoms. The lowest BCUT2D eigenvalue weighted by Crippen LogP contribution is -2.32. The zero-order chi connectivity index (χ0) is 15.9. The zero-order valence-electron chi connectivity index (χ0n) is 13.1. The largest absolute Gasteiger partial charge is 0.350 e. The van der Waals surface area contributed by atoms with Gasteiger partial charge in [-0.15, -0.1) is 0 Å². The fourth-order valence-corrected chi connectivity index (χ4v) is 2.93. The van der Waals surface area contributed by atoms with Gasteiger partial charge in [0, 0.05) is 17.9 Å². The van der Waals surface area contributed by atoms with Gasteiger partial charge < -0.3 is 5.32 Å². The lowest BCUT2D eigenvalue weighted by Gasteiger charge is -2.13. The van der Waals surface area contributed by atoms with Crippen LogP contribution in [-0.4, -0.2) is 26.6 Å². The molecular formula is C16H25NO3S. The van der Waals surface area contributed by atoms with Crippen LogP contribution in [0, 0.1) is 0 Å². The topological polar surface area (TPSA) is 63.2 Å². The maximum Gasteiger partial charge on any atom is 0.251 e. The van der Waals surface area contributed by atoms with Crippen molar-refractivity contribution in [2.24, 2.45) is 0 Å². The SMILES string of the molecule is CCCCCC(C)NC(=O)c1ccc(CS(C)(=O)=O)cc1. The van der Waals surface area contributed by atoms with Crippen LogP contribution < -0.4 is 5.32 Å². The van der Waals surface area contributed by atoms with Crippen molar-refractivity contribution in [1.82, 2.24) is 5.32 Å². The van der Waals surface area contributed by atoms with E-state index in [1.807, 2.05) is 6.92 Å². The molecule has 1 aromatic rings. The average molecular weight is 311 g/mol. The predicted molar refractivity (Wildman–Crippen MR) is 86.1 cm³/mol. The van der Waals surface area contributed by atoms with E-state index in [9.17, 15) is 13.2 Å². The summed E-state index contributed by atoms with van der Waals surface area (Å²) in [7, 11) is -3.04. The summed E-state index contributed by atoms with van der Waals surface area (Å²) in [5.74, 6) is -0.104. The summed E-state index contributed by atoms with van der Waals surface area (Å²) in [5, 5.41) is 2.97. The minimum Gasteiger partial charge on any atom is -0.350 e. The maximum atomic E-state index is 12.1. The highest BCUT2D eigenvalue weighted by atomic mass is 32.2. The van der Waals surface area contributed by atoms with Crippen LogP contribution in [0.25, 0.3) is 0 Å². The number of carbonyl (C=O) groups excluding carboxylic acids is 1. The summed E-state index contributed by atoms with van der Waals surface area (Å²) < 4.78 is 22.4. The van der Waals surface area contributed by atoms with Gasteiger partial charge in [-0.1, -0.05) is 38.3 Å². The number of benzene rings is 1. The molecule has 1 rings (SSSR count). The first-order chi connectivity index (χ1) is 9.81. The van der Waals surface area contributed by atoms with Gasteiger partial charge in [-0.25, -0.2) is 8.42 Å². The Morgan fingerprint density at radius 3 is 2.33 bits per heavy atom. The molecule has 0 heterocycles. The number of rotatable bonds is 8. The highest BCUT2D eigenvalue weighted by molar-refractivity contribution is 7.89. The van der Waals surface area contributed by atoms with E-state index in [1.165, 1.54) is 19.1 Å². The third-order valence-electron chi connectivity index (χ3n) is 3.26. The van der Waals surface area contributed by atoms with Crippen LogP contribution >= 0.6 is 0 Å².